The minimum atomic E-state index is -0.0129. The highest BCUT2D eigenvalue weighted by Gasteiger charge is 2.09. The molecule has 1 aromatic carbocycles. The second-order valence-electron chi connectivity index (χ2n) is 5.15. The topological polar surface area (TPSA) is 92.8 Å². The number of rotatable bonds is 7. The number of hydrogen-bond acceptors (Lipinski definition) is 4. The molecule has 2 aromatic rings. The Morgan fingerprint density at radius 3 is 2.62 bits per heavy atom. The largest absolute Gasteiger partial charge is 0.497 e. The Hall–Kier alpha value is -1.87. The summed E-state index contributed by atoms with van der Waals surface area (Å²) in [6, 6.07) is 13.1. The van der Waals surface area contributed by atoms with E-state index in [-0.39, 0.29) is 36.5 Å². The second kappa shape index (κ2) is 10.8. The summed E-state index contributed by atoms with van der Waals surface area (Å²) >= 11 is 0. The van der Waals surface area contributed by atoms with Crippen molar-refractivity contribution in [2.45, 2.75) is 6.42 Å². The number of methoxy groups -OCH3 is 1. The van der Waals surface area contributed by atoms with Crippen molar-refractivity contribution in [2.24, 2.45) is 16.6 Å². The predicted molar refractivity (Wildman–Crippen MR) is 107 cm³/mol. The van der Waals surface area contributed by atoms with Gasteiger partial charge in [-0.1, -0.05) is 6.07 Å². The summed E-state index contributed by atoms with van der Waals surface area (Å²) in [5, 5.41) is 12.5. The van der Waals surface area contributed by atoms with Crippen LogP contribution in [0.25, 0.3) is 0 Å². The van der Waals surface area contributed by atoms with Gasteiger partial charge in [0.25, 0.3) is 0 Å². The maximum absolute atomic E-state index is 9.48. The molecule has 0 radical (unpaired) electrons. The summed E-state index contributed by atoms with van der Waals surface area (Å²) in [4.78, 5) is 8.55. The number of hydrogen-bond donors (Lipinski definition) is 3. The van der Waals surface area contributed by atoms with Crippen LogP contribution in [-0.2, 0) is 6.42 Å². The van der Waals surface area contributed by atoms with Gasteiger partial charge in [-0.15, -0.1) is 24.0 Å². The van der Waals surface area contributed by atoms with Gasteiger partial charge in [-0.25, -0.2) is 0 Å². The van der Waals surface area contributed by atoms with Crippen LogP contribution in [0.3, 0.4) is 0 Å². The van der Waals surface area contributed by atoms with Crippen LogP contribution in [0.2, 0.25) is 0 Å². The van der Waals surface area contributed by atoms with E-state index in [0.29, 0.717) is 18.9 Å². The molecule has 1 heterocycles. The van der Waals surface area contributed by atoms with Crippen LogP contribution in [0.15, 0.2) is 53.7 Å². The Kier molecular flexibility index (Phi) is 9.10. The van der Waals surface area contributed by atoms with Gasteiger partial charge < -0.3 is 20.9 Å². The van der Waals surface area contributed by atoms with E-state index in [1.54, 1.807) is 13.3 Å². The van der Waals surface area contributed by atoms with Crippen LogP contribution < -0.4 is 15.8 Å². The number of halogens is 1. The molecule has 0 aliphatic carbocycles. The van der Waals surface area contributed by atoms with E-state index < -0.39 is 0 Å². The van der Waals surface area contributed by atoms with Crippen LogP contribution in [0.4, 0.5) is 5.69 Å². The Bertz CT molecular complexity index is 620. The van der Waals surface area contributed by atoms with Crippen LogP contribution >= 0.6 is 24.0 Å². The summed E-state index contributed by atoms with van der Waals surface area (Å²) < 4.78 is 5.10. The highest BCUT2D eigenvalue weighted by atomic mass is 127. The minimum Gasteiger partial charge on any atom is -0.497 e. The predicted octanol–water partition coefficient (Wildman–Crippen LogP) is 2.29. The van der Waals surface area contributed by atoms with Crippen molar-refractivity contribution >= 4 is 35.6 Å². The van der Waals surface area contributed by atoms with Gasteiger partial charge >= 0.3 is 0 Å². The number of pyridine rings is 1. The van der Waals surface area contributed by atoms with Crippen molar-refractivity contribution in [1.29, 1.82) is 0 Å². The monoisotopic (exact) mass is 442 g/mol. The molecular formula is C17H23IN4O2. The third-order valence-corrected chi connectivity index (χ3v) is 3.36. The zero-order valence-electron chi connectivity index (χ0n) is 13.6. The Balaban J connectivity index is 0.00000288. The number of aliphatic hydroxyl groups is 1. The summed E-state index contributed by atoms with van der Waals surface area (Å²) in [6.07, 6.45) is 2.41. The molecule has 0 bridgehead atoms. The van der Waals surface area contributed by atoms with Crippen molar-refractivity contribution in [3.8, 4) is 5.75 Å². The Morgan fingerprint density at radius 2 is 2.04 bits per heavy atom. The number of anilines is 1. The van der Waals surface area contributed by atoms with E-state index in [1.807, 2.05) is 42.5 Å². The molecule has 2 rings (SSSR count). The van der Waals surface area contributed by atoms with Gasteiger partial charge in [0.1, 0.15) is 5.75 Å². The molecule has 1 aromatic heterocycles. The molecule has 7 heteroatoms. The molecule has 24 heavy (non-hydrogen) atoms. The van der Waals surface area contributed by atoms with E-state index in [1.165, 1.54) is 0 Å². The number of ether oxygens (including phenoxy) is 1. The number of aromatic nitrogens is 1. The van der Waals surface area contributed by atoms with Crippen LogP contribution in [-0.4, -0.2) is 36.3 Å². The Labute approximate surface area is 159 Å². The van der Waals surface area contributed by atoms with Crippen LogP contribution in [0.5, 0.6) is 5.75 Å². The molecule has 1 atom stereocenters. The maximum atomic E-state index is 9.48. The average Bonchev–Trinajstić information content (AvgIpc) is 2.60. The van der Waals surface area contributed by atoms with Gasteiger partial charge in [0.15, 0.2) is 5.96 Å². The molecule has 0 aliphatic rings. The Morgan fingerprint density at radius 1 is 1.29 bits per heavy atom. The fraction of sp³-hybridized carbons (Fsp3) is 0.294. The molecule has 6 nitrogen and oxygen atoms in total. The highest BCUT2D eigenvalue weighted by Crippen LogP contribution is 2.14. The summed E-state index contributed by atoms with van der Waals surface area (Å²) in [7, 11) is 1.62. The quantitative estimate of drug-likeness (QED) is 0.348. The first-order chi connectivity index (χ1) is 11.2. The van der Waals surface area contributed by atoms with Crippen molar-refractivity contribution in [1.82, 2.24) is 4.98 Å². The fourth-order valence-corrected chi connectivity index (χ4v) is 2.09. The maximum Gasteiger partial charge on any atom is 0.193 e. The smallest absolute Gasteiger partial charge is 0.193 e. The number of benzene rings is 1. The summed E-state index contributed by atoms with van der Waals surface area (Å²) in [5.41, 5.74) is 7.65. The van der Waals surface area contributed by atoms with E-state index in [9.17, 15) is 5.11 Å². The van der Waals surface area contributed by atoms with Gasteiger partial charge in [0.05, 0.1) is 7.11 Å². The van der Waals surface area contributed by atoms with Crippen molar-refractivity contribution in [3.05, 3.63) is 54.4 Å². The molecule has 0 fully saturated rings. The first kappa shape index (κ1) is 20.2. The lowest BCUT2D eigenvalue weighted by Gasteiger charge is -2.12. The highest BCUT2D eigenvalue weighted by molar-refractivity contribution is 14.0. The van der Waals surface area contributed by atoms with Crippen molar-refractivity contribution < 1.29 is 9.84 Å². The first-order valence-electron chi connectivity index (χ1n) is 7.43. The van der Waals surface area contributed by atoms with Crippen molar-refractivity contribution in [3.63, 3.8) is 0 Å². The number of aliphatic hydroxyl groups excluding tert-OH is 1. The molecule has 4 N–H and O–H groups in total. The van der Waals surface area contributed by atoms with Gasteiger partial charge in [-0.3, -0.25) is 9.98 Å². The van der Waals surface area contributed by atoms with E-state index in [0.717, 1.165) is 17.1 Å². The lowest BCUT2D eigenvalue weighted by molar-refractivity contribution is 0.229. The SMILES string of the molecule is COc1ccc(NC(N)=NCC(CO)Cc2ccccn2)cc1.I. The standard InChI is InChI=1S/C17H22N4O2.HI/c1-23-16-7-5-14(6-8-16)21-17(18)20-11-13(12-22)10-15-4-2-3-9-19-15;/h2-9,13,22H,10-12H2,1H3,(H3,18,20,21);1H. The first-order valence-corrected chi connectivity index (χ1v) is 7.43. The lowest BCUT2D eigenvalue weighted by atomic mass is 10.0. The summed E-state index contributed by atoms with van der Waals surface area (Å²) in [6.45, 7) is 0.470. The third kappa shape index (κ3) is 6.71. The zero-order valence-corrected chi connectivity index (χ0v) is 15.9. The number of aliphatic imine (C=N–C) groups is 1. The molecular weight excluding hydrogens is 419 g/mol. The van der Waals surface area contributed by atoms with Crippen molar-refractivity contribution in [2.75, 3.05) is 25.6 Å². The normalized spacial score (nSPS) is 12.2. The number of nitrogens with zero attached hydrogens (tertiary/aromatic N) is 2. The number of guanidine groups is 1. The van der Waals surface area contributed by atoms with E-state index in [2.05, 4.69) is 15.3 Å². The molecule has 0 spiro atoms. The minimum absolute atomic E-state index is 0. The molecule has 0 saturated carbocycles. The van der Waals surface area contributed by atoms with Gasteiger partial charge in [0.2, 0.25) is 0 Å². The van der Waals surface area contributed by atoms with Crippen LogP contribution in [0, 0.1) is 5.92 Å². The number of nitrogens with one attached hydrogen (secondary N) is 1. The second-order valence-corrected chi connectivity index (χ2v) is 5.15. The van der Waals surface area contributed by atoms with Gasteiger partial charge in [-0.05, 0) is 42.8 Å². The van der Waals surface area contributed by atoms with E-state index >= 15 is 0 Å². The molecule has 1 unspecified atom stereocenters. The van der Waals surface area contributed by atoms with E-state index in [4.69, 9.17) is 10.5 Å². The summed E-state index contributed by atoms with van der Waals surface area (Å²) in [5.74, 6) is 1.08. The average molecular weight is 442 g/mol. The molecule has 0 saturated heterocycles. The fourth-order valence-electron chi connectivity index (χ4n) is 2.09. The third-order valence-electron chi connectivity index (χ3n) is 3.36. The van der Waals surface area contributed by atoms with Gasteiger partial charge in [-0.2, -0.15) is 0 Å². The zero-order chi connectivity index (χ0) is 16.5. The molecule has 130 valence electrons. The lowest BCUT2D eigenvalue weighted by Crippen LogP contribution is -2.25. The molecule has 0 aliphatic heterocycles. The van der Waals surface area contributed by atoms with Gasteiger partial charge in [0, 0.05) is 36.6 Å². The van der Waals surface area contributed by atoms with Crippen LogP contribution in [0.1, 0.15) is 5.69 Å². The number of nitrogens with two attached hydrogens (primary N) is 1. The molecule has 0 amide bonds.